The van der Waals surface area contributed by atoms with Crippen LogP contribution in [0, 0.1) is 52.3 Å². The maximum atomic E-state index is 11.6. The molecule has 4 bridgehead atoms. The van der Waals surface area contributed by atoms with Crippen molar-refractivity contribution in [3.63, 3.8) is 0 Å². The Morgan fingerprint density at radius 1 is 0.636 bits per heavy atom. The topological polar surface area (TPSA) is 173 Å². The summed E-state index contributed by atoms with van der Waals surface area (Å²) in [5.74, 6) is -0.923. The molecule has 12 nitrogen and oxygen atoms in total. The van der Waals surface area contributed by atoms with Crippen LogP contribution in [0.25, 0.3) is 0 Å². The summed E-state index contributed by atoms with van der Waals surface area (Å²) in [5, 5.41) is 46.5. The zero-order valence-electron chi connectivity index (χ0n) is 11.2. The monoisotopic (exact) mass is 316 g/mol. The van der Waals surface area contributed by atoms with Crippen LogP contribution in [-0.4, -0.2) is 36.4 Å². The van der Waals surface area contributed by atoms with Gasteiger partial charge in [-0.3, -0.25) is 40.5 Å². The molecule has 12 heteroatoms. The molecule has 0 radical (unpaired) electrons. The lowest BCUT2D eigenvalue weighted by molar-refractivity contribution is -0.908. The molecule has 0 aliphatic heterocycles. The van der Waals surface area contributed by atoms with Gasteiger partial charge in [-0.2, -0.15) is 0 Å². The zero-order chi connectivity index (χ0) is 16.5. The first-order valence-electron chi connectivity index (χ1n) is 6.72. The summed E-state index contributed by atoms with van der Waals surface area (Å²) in [6, 6.07) is 0. The normalized spacial score (nSPS) is 41.1. The second kappa shape index (κ2) is 3.87. The number of hydrogen-bond donors (Lipinski definition) is 0. The van der Waals surface area contributed by atoms with Crippen LogP contribution in [-0.2, 0) is 0 Å². The van der Waals surface area contributed by atoms with Crippen molar-refractivity contribution >= 4 is 0 Å². The molecule has 0 heterocycles. The molecule has 0 aromatic heterocycles. The fourth-order valence-electron chi connectivity index (χ4n) is 5.33. The highest BCUT2D eigenvalue weighted by Crippen LogP contribution is 2.65. The Balaban J connectivity index is 2.39. The number of nitrogens with zero attached hydrogens (tertiary/aromatic N) is 4. The highest BCUT2D eigenvalue weighted by molar-refractivity contribution is 5.19. The molecule has 0 saturated heterocycles. The van der Waals surface area contributed by atoms with Gasteiger partial charge in [-0.15, -0.1) is 0 Å². The lowest BCUT2D eigenvalue weighted by atomic mass is 9.45. The van der Waals surface area contributed by atoms with E-state index in [0.29, 0.717) is 6.42 Å². The minimum atomic E-state index is -3.42. The molecule has 0 unspecified atom stereocenters. The fraction of sp³-hybridized carbons (Fsp3) is 1.00. The minimum absolute atomic E-state index is 0.353. The van der Waals surface area contributed by atoms with Crippen LogP contribution in [0.3, 0.4) is 0 Å². The highest BCUT2D eigenvalue weighted by Gasteiger charge is 3.00. The molecular weight excluding hydrogens is 304 g/mol. The molecular formula is C10H12N4O8. The van der Waals surface area contributed by atoms with Crippen LogP contribution in [0.5, 0.6) is 0 Å². The molecule has 0 amide bonds. The zero-order valence-corrected chi connectivity index (χ0v) is 11.2. The largest absolute Gasteiger partial charge is 0.592 e. The number of hydrogen-bond acceptors (Lipinski definition) is 8. The van der Waals surface area contributed by atoms with Crippen LogP contribution >= 0.6 is 0 Å². The molecule has 0 atom stereocenters. The van der Waals surface area contributed by atoms with E-state index in [2.05, 4.69) is 0 Å². The van der Waals surface area contributed by atoms with Gasteiger partial charge in [-0.05, 0) is 18.3 Å². The molecule has 4 aliphatic carbocycles. The quantitative estimate of drug-likeness (QED) is 0.409. The predicted octanol–water partition coefficient (Wildman–Crippen LogP) is 0.491. The van der Waals surface area contributed by atoms with Gasteiger partial charge in [-0.1, -0.05) is 0 Å². The van der Waals surface area contributed by atoms with Gasteiger partial charge in [0.2, 0.25) is 0 Å². The van der Waals surface area contributed by atoms with Crippen LogP contribution in [0.2, 0.25) is 0 Å². The first-order chi connectivity index (χ1) is 10.1. The fourth-order valence-corrected chi connectivity index (χ4v) is 5.33. The van der Waals surface area contributed by atoms with E-state index in [-0.39, 0.29) is 25.7 Å². The first kappa shape index (κ1) is 14.5. The van der Waals surface area contributed by atoms with E-state index in [4.69, 9.17) is 0 Å². The van der Waals surface area contributed by atoms with Gasteiger partial charge in [0.25, 0.3) is 0 Å². The van der Waals surface area contributed by atoms with E-state index >= 15 is 0 Å². The van der Waals surface area contributed by atoms with Crippen LogP contribution in [0.15, 0.2) is 0 Å². The SMILES string of the molecule is O=[N+]([O-])C12CC3CC(C1)CC([N+](=O)[O-])(C3)C2([N+](=O)[O-])[N+](=O)[O-]. The number of rotatable bonds is 4. The Bertz CT molecular complexity index is 554. The van der Waals surface area contributed by atoms with E-state index in [0.717, 1.165) is 0 Å². The van der Waals surface area contributed by atoms with Crippen LogP contribution in [0.1, 0.15) is 32.1 Å². The molecule has 4 saturated carbocycles. The van der Waals surface area contributed by atoms with E-state index in [1.165, 1.54) is 0 Å². The van der Waals surface area contributed by atoms with Crippen molar-refractivity contribution in [1.29, 1.82) is 0 Å². The Labute approximate surface area is 122 Å². The van der Waals surface area contributed by atoms with Crippen LogP contribution < -0.4 is 0 Å². The molecule has 4 rings (SSSR count). The van der Waals surface area contributed by atoms with E-state index in [1.54, 1.807) is 0 Å². The summed E-state index contributed by atoms with van der Waals surface area (Å²) in [7, 11) is 0. The highest BCUT2D eigenvalue weighted by atomic mass is 16.7. The molecule has 22 heavy (non-hydrogen) atoms. The van der Waals surface area contributed by atoms with Gasteiger partial charge >= 0.3 is 16.7 Å². The predicted molar refractivity (Wildman–Crippen MR) is 66.2 cm³/mol. The molecule has 0 N–H and O–H groups in total. The van der Waals surface area contributed by atoms with Crippen molar-refractivity contribution in [1.82, 2.24) is 0 Å². The smallest absolute Gasteiger partial charge is 0.263 e. The van der Waals surface area contributed by atoms with Crippen molar-refractivity contribution < 1.29 is 19.7 Å². The summed E-state index contributed by atoms with van der Waals surface area (Å²) in [6.07, 6.45) is -0.916. The van der Waals surface area contributed by atoms with E-state index in [1.807, 2.05) is 0 Å². The average Bonchev–Trinajstić information content (AvgIpc) is 2.36. The molecule has 0 aromatic carbocycles. The van der Waals surface area contributed by atoms with Gasteiger partial charge in [0.15, 0.2) is 0 Å². The minimum Gasteiger partial charge on any atom is -0.263 e. The summed E-state index contributed by atoms with van der Waals surface area (Å²) in [6.45, 7) is 0. The molecule has 120 valence electrons. The second-order valence-electron chi connectivity index (χ2n) is 6.55. The molecule has 0 aromatic rings. The van der Waals surface area contributed by atoms with Crippen molar-refractivity contribution in [2.45, 2.75) is 48.8 Å². The van der Waals surface area contributed by atoms with E-state index < -0.39 is 48.3 Å². The Morgan fingerprint density at radius 3 is 1.18 bits per heavy atom. The van der Waals surface area contributed by atoms with Gasteiger partial charge < -0.3 is 0 Å². The number of nitro groups is 4. The lowest BCUT2D eigenvalue weighted by Gasteiger charge is -2.53. The molecule has 4 aliphatic rings. The van der Waals surface area contributed by atoms with Crippen molar-refractivity contribution in [2.24, 2.45) is 11.8 Å². The Morgan fingerprint density at radius 2 is 0.955 bits per heavy atom. The summed E-state index contributed by atoms with van der Waals surface area (Å²) >= 11 is 0. The van der Waals surface area contributed by atoms with E-state index in [9.17, 15) is 40.5 Å². The van der Waals surface area contributed by atoms with Crippen molar-refractivity contribution in [2.75, 3.05) is 0 Å². The maximum Gasteiger partial charge on any atom is 0.592 e. The second-order valence-corrected chi connectivity index (χ2v) is 6.55. The summed E-state index contributed by atoms with van der Waals surface area (Å²) in [4.78, 5) is 41.7. The third kappa shape index (κ3) is 1.20. The van der Waals surface area contributed by atoms with Gasteiger partial charge in [0, 0.05) is 35.5 Å². The van der Waals surface area contributed by atoms with Gasteiger partial charge in [-0.25, -0.2) is 0 Å². The van der Waals surface area contributed by atoms with Gasteiger partial charge in [0.05, 0.1) is 0 Å². The first-order valence-corrected chi connectivity index (χ1v) is 6.72. The van der Waals surface area contributed by atoms with Crippen molar-refractivity contribution in [3.05, 3.63) is 40.5 Å². The van der Waals surface area contributed by atoms with Crippen molar-refractivity contribution in [3.8, 4) is 0 Å². The summed E-state index contributed by atoms with van der Waals surface area (Å²) < 4.78 is 0. The maximum absolute atomic E-state index is 11.6. The third-order valence-corrected chi connectivity index (χ3v) is 5.70. The third-order valence-electron chi connectivity index (χ3n) is 5.70. The Kier molecular flexibility index (Phi) is 2.55. The molecule has 0 spiro atoms. The molecule has 4 fully saturated rings. The lowest BCUT2D eigenvalue weighted by Crippen LogP contribution is -2.86. The standard InChI is InChI=1S/C10H12N4O8/c15-11(16)8-2-6-1-7(4-8)5-9(3-6,12(17)18)10(8,13(19)20)14(21)22/h6-7H,1-5H2. The van der Waals surface area contributed by atoms with Gasteiger partial charge in [0.1, 0.15) is 9.85 Å². The van der Waals surface area contributed by atoms with Crippen LogP contribution in [0.4, 0.5) is 0 Å². The summed E-state index contributed by atoms with van der Waals surface area (Å²) in [5.41, 5.74) is -8.45. The average molecular weight is 316 g/mol. The Hall–Kier alpha value is -2.40.